The van der Waals surface area contributed by atoms with Crippen LogP contribution in [0.1, 0.15) is 66.2 Å². The maximum absolute atomic E-state index is 9.64. The number of quaternary nitrogens is 1. The number of hydrogen-bond acceptors (Lipinski definition) is 2. The highest BCUT2D eigenvalue weighted by molar-refractivity contribution is 5.75. The van der Waals surface area contributed by atoms with Crippen LogP contribution in [-0.2, 0) is 9.59 Å². The van der Waals surface area contributed by atoms with Crippen LogP contribution in [0.4, 0.5) is 0 Å². The molecule has 0 aromatic rings. The van der Waals surface area contributed by atoms with Crippen LogP contribution < -0.4 is 0 Å². The molecule has 0 aliphatic carbocycles. The first kappa shape index (κ1) is 22.2. The molecule has 0 atom stereocenters. The molecule has 0 heterocycles. The van der Waals surface area contributed by atoms with Gasteiger partial charge in [0.2, 0.25) is 0 Å². The summed E-state index contributed by atoms with van der Waals surface area (Å²) in [6, 6.07) is 0. The molecule has 2 N–H and O–H groups in total. The third-order valence-electron chi connectivity index (χ3n) is 3.34. The number of carboxylic acid groups (broad SMARTS) is 2. The number of rotatable bonds is 11. The Hall–Kier alpha value is -1.10. The molecule has 0 saturated heterocycles. The summed E-state index contributed by atoms with van der Waals surface area (Å²) in [4.78, 5) is 19.3. The Kier molecular flexibility index (Phi) is 14.6. The van der Waals surface area contributed by atoms with Crippen molar-refractivity contribution in [3.63, 3.8) is 0 Å². The van der Waals surface area contributed by atoms with Gasteiger partial charge in [-0.3, -0.25) is 9.59 Å². The second-order valence-electron chi connectivity index (χ2n) is 5.52. The molecule has 5 nitrogen and oxygen atoms in total. The van der Waals surface area contributed by atoms with Gasteiger partial charge in [0.1, 0.15) is 0 Å². The average molecular weight is 304 g/mol. The lowest BCUT2D eigenvalue weighted by atomic mass is 10.2. The number of carboxylic acids is 2. The Morgan fingerprint density at radius 2 is 0.905 bits per heavy atom. The molecular weight excluding hydrogens is 270 g/mol. The molecule has 21 heavy (non-hydrogen) atoms. The zero-order valence-electron chi connectivity index (χ0n) is 14.2. The summed E-state index contributed by atoms with van der Waals surface area (Å²) >= 11 is 0. The van der Waals surface area contributed by atoms with Gasteiger partial charge in [0.05, 0.1) is 39.0 Å². The van der Waals surface area contributed by atoms with Gasteiger partial charge in [0, 0.05) is 0 Å². The minimum atomic E-state index is -1.08. The van der Waals surface area contributed by atoms with Crippen molar-refractivity contribution in [3.8, 4) is 0 Å². The number of carbonyl (C=O) groups is 2. The van der Waals surface area contributed by atoms with E-state index >= 15 is 0 Å². The summed E-state index contributed by atoms with van der Waals surface area (Å²) in [5.41, 5.74) is 0. The van der Waals surface area contributed by atoms with Crippen molar-refractivity contribution >= 4 is 11.9 Å². The zero-order valence-corrected chi connectivity index (χ0v) is 14.2. The van der Waals surface area contributed by atoms with Crippen molar-refractivity contribution in [2.45, 2.75) is 66.2 Å². The molecule has 0 aliphatic heterocycles. The highest BCUT2D eigenvalue weighted by atomic mass is 16.4. The van der Waals surface area contributed by atoms with E-state index in [9.17, 15) is 9.59 Å². The van der Waals surface area contributed by atoms with Crippen LogP contribution in [0.5, 0.6) is 0 Å². The summed E-state index contributed by atoms with van der Waals surface area (Å²) in [6.45, 7) is 14.8. The molecular formula is C16H34NO4+. The molecule has 0 spiro atoms. The minimum Gasteiger partial charge on any atom is -0.481 e. The summed E-state index contributed by atoms with van der Waals surface area (Å²) in [5, 5.41) is 15.8. The van der Waals surface area contributed by atoms with Gasteiger partial charge in [0.25, 0.3) is 0 Å². The molecule has 0 aliphatic rings. The Labute approximate surface area is 129 Å². The van der Waals surface area contributed by atoms with E-state index in [1.165, 1.54) is 56.3 Å². The zero-order chi connectivity index (χ0) is 16.7. The third-order valence-corrected chi connectivity index (χ3v) is 3.34. The van der Waals surface area contributed by atoms with Gasteiger partial charge in [-0.2, -0.15) is 0 Å². The Balaban J connectivity index is 0. The molecule has 0 rings (SSSR count). The van der Waals surface area contributed by atoms with Crippen LogP contribution in [0, 0.1) is 0 Å². The Bertz CT molecular complexity index is 236. The standard InChI is InChI=1S/C12H28N.C4H6O4/c1-5-9-13(10-6-2,11-7-3)12-8-4;5-3(6)1-2-4(7)8/h5-12H2,1-4H3;1-2H2,(H,5,6)(H,7,8)/q+1;. The van der Waals surface area contributed by atoms with Gasteiger partial charge in [-0.25, -0.2) is 0 Å². The topological polar surface area (TPSA) is 74.6 Å². The molecule has 126 valence electrons. The van der Waals surface area contributed by atoms with E-state index in [2.05, 4.69) is 27.7 Å². The van der Waals surface area contributed by atoms with Crippen LogP contribution in [0.2, 0.25) is 0 Å². The van der Waals surface area contributed by atoms with Crippen molar-refractivity contribution in [1.82, 2.24) is 0 Å². The molecule has 0 aromatic heterocycles. The van der Waals surface area contributed by atoms with E-state index in [0.29, 0.717) is 0 Å². The quantitative estimate of drug-likeness (QED) is 0.574. The number of aliphatic carboxylic acids is 2. The summed E-state index contributed by atoms with van der Waals surface area (Å²) in [7, 11) is 0. The van der Waals surface area contributed by atoms with Crippen LogP contribution in [0.25, 0.3) is 0 Å². The first-order chi connectivity index (χ1) is 9.87. The van der Waals surface area contributed by atoms with Gasteiger partial charge < -0.3 is 14.7 Å². The lowest BCUT2D eigenvalue weighted by Gasteiger charge is -2.38. The highest BCUT2D eigenvalue weighted by Crippen LogP contribution is 2.12. The predicted molar refractivity (Wildman–Crippen MR) is 85.4 cm³/mol. The van der Waals surface area contributed by atoms with Gasteiger partial charge >= 0.3 is 11.9 Å². The summed E-state index contributed by atoms with van der Waals surface area (Å²) < 4.78 is 1.38. The predicted octanol–water partition coefficient (Wildman–Crippen LogP) is 3.38. The SMILES string of the molecule is CCC[N+](CCC)(CCC)CCC.O=C(O)CCC(=O)O. The molecule has 0 amide bonds. The maximum Gasteiger partial charge on any atom is 0.303 e. The normalized spacial score (nSPS) is 10.7. The van der Waals surface area contributed by atoms with Crippen molar-refractivity contribution in [3.05, 3.63) is 0 Å². The van der Waals surface area contributed by atoms with Gasteiger partial charge in [0.15, 0.2) is 0 Å². The van der Waals surface area contributed by atoms with E-state index in [4.69, 9.17) is 10.2 Å². The molecule has 0 unspecified atom stereocenters. The van der Waals surface area contributed by atoms with E-state index in [0.717, 1.165) is 0 Å². The fourth-order valence-corrected chi connectivity index (χ4v) is 2.78. The molecule has 5 heteroatoms. The Morgan fingerprint density at radius 3 is 1.05 bits per heavy atom. The first-order valence-electron chi connectivity index (χ1n) is 8.16. The van der Waals surface area contributed by atoms with Crippen molar-refractivity contribution in [1.29, 1.82) is 0 Å². The number of hydrogen-bond donors (Lipinski definition) is 2. The second kappa shape index (κ2) is 13.9. The molecule has 0 saturated carbocycles. The monoisotopic (exact) mass is 304 g/mol. The van der Waals surface area contributed by atoms with Crippen LogP contribution in [0.3, 0.4) is 0 Å². The maximum atomic E-state index is 9.64. The van der Waals surface area contributed by atoms with Crippen LogP contribution in [-0.4, -0.2) is 52.8 Å². The minimum absolute atomic E-state index is 0.296. The molecule has 0 bridgehead atoms. The lowest BCUT2D eigenvalue weighted by Crippen LogP contribution is -2.50. The van der Waals surface area contributed by atoms with Crippen molar-refractivity contribution in [2.75, 3.05) is 26.2 Å². The van der Waals surface area contributed by atoms with Gasteiger partial charge in [-0.15, -0.1) is 0 Å². The van der Waals surface area contributed by atoms with Crippen LogP contribution >= 0.6 is 0 Å². The fraction of sp³-hybridized carbons (Fsp3) is 0.875. The van der Waals surface area contributed by atoms with Gasteiger partial charge in [-0.1, -0.05) is 27.7 Å². The lowest BCUT2D eigenvalue weighted by molar-refractivity contribution is -0.928. The smallest absolute Gasteiger partial charge is 0.303 e. The third kappa shape index (κ3) is 13.6. The fourth-order valence-electron chi connectivity index (χ4n) is 2.78. The van der Waals surface area contributed by atoms with E-state index in [1.54, 1.807) is 0 Å². The van der Waals surface area contributed by atoms with Gasteiger partial charge in [-0.05, 0) is 25.7 Å². The largest absolute Gasteiger partial charge is 0.481 e. The molecule has 0 radical (unpaired) electrons. The summed E-state index contributed by atoms with van der Waals surface area (Å²) in [5.74, 6) is -2.15. The molecule has 0 fully saturated rings. The van der Waals surface area contributed by atoms with E-state index in [-0.39, 0.29) is 12.8 Å². The van der Waals surface area contributed by atoms with Crippen LogP contribution in [0.15, 0.2) is 0 Å². The van der Waals surface area contributed by atoms with Crippen molar-refractivity contribution in [2.24, 2.45) is 0 Å². The van der Waals surface area contributed by atoms with E-state index < -0.39 is 11.9 Å². The highest BCUT2D eigenvalue weighted by Gasteiger charge is 2.22. The van der Waals surface area contributed by atoms with Crippen molar-refractivity contribution < 1.29 is 24.3 Å². The van der Waals surface area contributed by atoms with E-state index in [1.807, 2.05) is 0 Å². The first-order valence-corrected chi connectivity index (χ1v) is 8.16. The molecule has 0 aromatic carbocycles. The number of nitrogens with zero attached hydrogens (tertiary/aromatic N) is 1. The summed E-state index contributed by atoms with van der Waals surface area (Å²) in [6.07, 6.45) is 4.74. The second-order valence-corrected chi connectivity index (χ2v) is 5.52. The Morgan fingerprint density at radius 1 is 0.667 bits per heavy atom. The average Bonchev–Trinajstić information content (AvgIpc) is 2.38.